The van der Waals surface area contributed by atoms with E-state index >= 15 is 0 Å². The van der Waals surface area contributed by atoms with E-state index in [0.29, 0.717) is 20.6 Å². The van der Waals surface area contributed by atoms with E-state index in [9.17, 15) is 14.4 Å². The Bertz CT molecular complexity index is 1370. The van der Waals surface area contributed by atoms with E-state index in [1.54, 1.807) is 24.7 Å². The molecule has 2 amide bonds. The van der Waals surface area contributed by atoms with Gasteiger partial charge in [-0.25, -0.2) is 4.68 Å². The average Bonchev–Trinajstić information content (AvgIpc) is 3.22. The molecule has 0 spiro atoms. The molecule has 1 fully saturated rings. The highest BCUT2D eigenvalue weighted by Crippen LogP contribution is 2.35. The summed E-state index contributed by atoms with van der Waals surface area (Å²) in [7, 11) is 1.76. The highest BCUT2D eigenvalue weighted by atomic mass is 32.2. The van der Waals surface area contributed by atoms with E-state index in [1.165, 1.54) is 21.3 Å². The van der Waals surface area contributed by atoms with Crippen LogP contribution in [-0.2, 0) is 16.6 Å². The molecule has 1 aromatic heterocycles. The molecule has 0 saturated carbocycles. The fraction of sp³-hybridized carbons (Fsp3) is 0.231. The molecule has 1 N–H and O–H groups in total. The lowest BCUT2D eigenvalue weighted by molar-refractivity contribution is -0.131. The second kappa shape index (κ2) is 10.1. The van der Waals surface area contributed by atoms with E-state index in [4.69, 9.17) is 12.2 Å². The maximum atomic E-state index is 13.5. The van der Waals surface area contributed by atoms with Crippen molar-refractivity contribution in [2.75, 3.05) is 5.32 Å². The zero-order valence-corrected chi connectivity index (χ0v) is 21.5. The topological polar surface area (TPSA) is 76.3 Å². The molecule has 7 nitrogen and oxygen atoms in total. The summed E-state index contributed by atoms with van der Waals surface area (Å²) in [6.07, 6.45) is 1.77. The van der Waals surface area contributed by atoms with E-state index in [-0.39, 0.29) is 23.1 Å². The second-order valence-corrected chi connectivity index (χ2v) is 10.3. The fourth-order valence-corrected chi connectivity index (χ4v) is 5.38. The van der Waals surface area contributed by atoms with Crippen molar-refractivity contribution in [3.8, 4) is 5.69 Å². The van der Waals surface area contributed by atoms with Gasteiger partial charge in [-0.05, 0) is 36.6 Å². The Balaban J connectivity index is 1.65. The number of anilines is 1. The number of rotatable bonds is 6. The summed E-state index contributed by atoms with van der Waals surface area (Å²) in [4.78, 5) is 41.9. The van der Waals surface area contributed by atoms with Crippen LogP contribution in [0.25, 0.3) is 11.8 Å². The molecule has 1 saturated heterocycles. The number of nitrogens with one attached hydrogen (secondary N) is 1. The van der Waals surface area contributed by atoms with Gasteiger partial charge in [-0.1, -0.05) is 86.4 Å². The van der Waals surface area contributed by atoms with Gasteiger partial charge in [-0.3, -0.25) is 24.0 Å². The molecule has 2 heterocycles. The van der Waals surface area contributed by atoms with Crippen molar-refractivity contribution in [1.82, 2.24) is 14.3 Å². The van der Waals surface area contributed by atoms with Gasteiger partial charge < -0.3 is 5.32 Å². The Kier molecular flexibility index (Phi) is 7.09. The average molecular weight is 507 g/mol. The van der Waals surface area contributed by atoms with Gasteiger partial charge in [0.2, 0.25) is 5.91 Å². The van der Waals surface area contributed by atoms with Crippen molar-refractivity contribution in [3.63, 3.8) is 0 Å². The molecule has 180 valence electrons. The van der Waals surface area contributed by atoms with Gasteiger partial charge in [-0.15, -0.1) is 0 Å². The third-order valence-electron chi connectivity index (χ3n) is 5.90. The molecule has 3 aromatic rings. The third-order valence-corrected chi connectivity index (χ3v) is 7.23. The second-order valence-electron chi connectivity index (χ2n) is 8.58. The summed E-state index contributed by atoms with van der Waals surface area (Å²) in [6.45, 7) is 5.47. The molecule has 0 bridgehead atoms. The number of para-hydroxylation sites is 1. The van der Waals surface area contributed by atoms with Crippen molar-refractivity contribution in [2.45, 2.75) is 26.8 Å². The van der Waals surface area contributed by atoms with Crippen LogP contribution in [0.2, 0.25) is 0 Å². The van der Waals surface area contributed by atoms with Gasteiger partial charge >= 0.3 is 0 Å². The van der Waals surface area contributed by atoms with Crippen LogP contribution in [0.4, 0.5) is 5.69 Å². The lowest BCUT2D eigenvalue weighted by Crippen LogP contribution is -2.49. The lowest BCUT2D eigenvalue weighted by atomic mass is 10.0. The van der Waals surface area contributed by atoms with Crippen LogP contribution in [0.5, 0.6) is 0 Å². The number of nitrogens with zero attached hydrogens (tertiary/aromatic N) is 3. The van der Waals surface area contributed by atoms with Crippen LogP contribution in [0.1, 0.15) is 25.1 Å². The largest absolute Gasteiger partial charge is 0.318 e. The van der Waals surface area contributed by atoms with Gasteiger partial charge in [0.25, 0.3) is 11.5 Å². The van der Waals surface area contributed by atoms with E-state index in [0.717, 1.165) is 5.56 Å². The molecule has 0 radical (unpaired) electrons. The standard InChI is InChI=1S/C26H26N4O3S2/c1-16(2)22(29-24(32)20(35-26(29)34)15-18-11-7-5-8-12-18)23(31)27-21-17(3)28(4)30(25(21)33)19-13-9-6-10-14-19/h5-16,22H,1-4H3,(H,27,31)/b20-15-. The van der Waals surface area contributed by atoms with Gasteiger partial charge in [0, 0.05) is 7.05 Å². The van der Waals surface area contributed by atoms with Gasteiger partial charge in [0.1, 0.15) is 16.0 Å². The summed E-state index contributed by atoms with van der Waals surface area (Å²) in [5.41, 5.74) is 2.00. The van der Waals surface area contributed by atoms with Crippen molar-refractivity contribution in [1.29, 1.82) is 0 Å². The zero-order chi connectivity index (χ0) is 25.3. The Hall–Kier alpha value is -3.43. The van der Waals surface area contributed by atoms with E-state index < -0.39 is 11.9 Å². The van der Waals surface area contributed by atoms with Crippen LogP contribution in [0.3, 0.4) is 0 Å². The van der Waals surface area contributed by atoms with Crippen LogP contribution in [0, 0.1) is 12.8 Å². The van der Waals surface area contributed by atoms with Gasteiger partial charge in [0.15, 0.2) is 0 Å². The molecule has 0 aliphatic carbocycles. The highest BCUT2D eigenvalue weighted by Gasteiger charge is 2.42. The summed E-state index contributed by atoms with van der Waals surface area (Å²) >= 11 is 6.68. The number of amides is 2. The predicted molar refractivity (Wildman–Crippen MR) is 144 cm³/mol. The summed E-state index contributed by atoms with van der Waals surface area (Å²) in [6, 6.07) is 17.8. The molecule has 35 heavy (non-hydrogen) atoms. The predicted octanol–water partition coefficient (Wildman–Crippen LogP) is 4.35. The van der Waals surface area contributed by atoms with Crippen molar-refractivity contribution in [3.05, 3.63) is 87.2 Å². The number of hydrogen-bond acceptors (Lipinski definition) is 5. The van der Waals surface area contributed by atoms with Crippen molar-refractivity contribution in [2.24, 2.45) is 13.0 Å². The first kappa shape index (κ1) is 24.7. The summed E-state index contributed by atoms with van der Waals surface area (Å²) in [5.74, 6) is -1.01. The Morgan fingerprint density at radius 2 is 1.63 bits per heavy atom. The molecule has 4 rings (SSSR count). The number of aromatic nitrogens is 2. The molecule has 9 heteroatoms. The molecule has 1 unspecified atom stereocenters. The zero-order valence-electron chi connectivity index (χ0n) is 19.9. The molecular weight excluding hydrogens is 480 g/mol. The first-order valence-electron chi connectivity index (χ1n) is 11.2. The lowest BCUT2D eigenvalue weighted by Gasteiger charge is -2.28. The Morgan fingerprint density at radius 3 is 2.23 bits per heavy atom. The SMILES string of the molecule is Cc1c(NC(=O)C(C(C)C)N2C(=O)/C(=C/c3ccccc3)SC2=S)c(=O)n(-c2ccccc2)n1C. The highest BCUT2D eigenvalue weighted by molar-refractivity contribution is 8.26. The number of thiocarbonyl (C=S) groups is 1. The maximum absolute atomic E-state index is 13.5. The third kappa shape index (κ3) is 4.74. The normalized spacial score (nSPS) is 15.8. The van der Waals surface area contributed by atoms with Crippen LogP contribution >= 0.6 is 24.0 Å². The first-order valence-corrected chi connectivity index (χ1v) is 12.4. The number of thioether (sulfide) groups is 1. The van der Waals surface area contributed by atoms with Crippen LogP contribution < -0.4 is 10.9 Å². The number of carbonyl (C=O) groups excluding carboxylic acids is 2. The Labute approximate surface area is 213 Å². The monoisotopic (exact) mass is 506 g/mol. The smallest absolute Gasteiger partial charge is 0.295 e. The van der Waals surface area contributed by atoms with Crippen LogP contribution in [-0.4, -0.2) is 36.4 Å². The molecule has 1 aliphatic heterocycles. The number of benzene rings is 2. The van der Waals surface area contributed by atoms with Crippen molar-refractivity contribution < 1.29 is 9.59 Å². The quantitative estimate of drug-likeness (QED) is 0.397. The Morgan fingerprint density at radius 1 is 1.03 bits per heavy atom. The van der Waals surface area contributed by atoms with Crippen molar-refractivity contribution >= 4 is 51.9 Å². The van der Waals surface area contributed by atoms with Crippen LogP contribution in [0.15, 0.2) is 70.4 Å². The number of carbonyl (C=O) groups is 2. The van der Waals surface area contributed by atoms with Gasteiger partial charge in [-0.2, -0.15) is 0 Å². The minimum Gasteiger partial charge on any atom is -0.318 e. The molecule has 1 atom stereocenters. The van der Waals surface area contributed by atoms with Gasteiger partial charge in [0.05, 0.1) is 16.3 Å². The summed E-state index contributed by atoms with van der Waals surface area (Å²) < 4.78 is 3.51. The molecule has 2 aromatic carbocycles. The maximum Gasteiger partial charge on any atom is 0.295 e. The van der Waals surface area contributed by atoms with E-state index in [2.05, 4.69) is 5.32 Å². The first-order chi connectivity index (χ1) is 16.7. The molecule has 1 aliphatic rings. The minimum atomic E-state index is -0.867. The van der Waals surface area contributed by atoms with E-state index in [1.807, 2.05) is 74.5 Å². The molecular formula is C26H26N4O3S2. The summed E-state index contributed by atoms with van der Waals surface area (Å²) in [5, 5.41) is 2.80. The fourth-order valence-electron chi connectivity index (χ4n) is 4.05. The minimum absolute atomic E-state index is 0.178. The number of hydrogen-bond donors (Lipinski definition) is 1.